The fraction of sp³-hybridized carbons (Fsp3) is 0.167. The zero-order chi connectivity index (χ0) is 17.3. The Bertz CT molecular complexity index is 943. The molecule has 0 bridgehead atoms. The number of aromatic nitrogens is 2. The second-order valence-electron chi connectivity index (χ2n) is 5.60. The van der Waals surface area contributed by atoms with Crippen molar-refractivity contribution >= 4 is 28.4 Å². The number of amides is 1. The third-order valence-electron chi connectivity index (χ3n) is 3.95. The molecule has 3 N–H and O–H groups in total. The first kappa shape index (κ1) is 15.7. The molecule has 2 aromatic heterocycles. The molecule has 3 aromatic rings. The molecule has 0 spiro atoms. The zero-order valence-corrected chi connectivity index (χ0v) is 13.5. The Kier molecular flexibility index (Phi) is 4.04. The Balaban J connectivity index is 2.03. The molecule has 0 radical (unpaired) electrons. The van der Waals surface area contributed by atoms with E-state index in [-0.39, 0.29) is 18.4 Å². The number of carbonyl (C=O) groups excluding carboxylic acids is 2. The SMILES string of the molecule is CC(=O)NCc1cc(C(=O)n2c(C)c(N)c3ccccc32)ccn1. The molecule has 6 heteroatoms. The van der Waals surface area contributed by atoms with Gasteiger partial charge in [-0.2, -0.15) is 0 Å². The lowest BCUT2D eigenvalue weighted by Gasteiger charge is -2.08. The van der Waals surface area contributed by atoms with Crippen LogP contribution >= 0.6 is 0 Å². The normalized spacial score (nSPS) is 10.8. The van der Waals surface area contributed by atoms with Crippen LogP contribution in [0.15, 0.2) is 42.6 Å². The standard InChI is InChI=1S/C18H18N4O2/c1-11-17(19)15-5-3-4-6-16(15)22(11)18(24)13-7-8-20-14(9-13)10-21-12(2)23/h3-9H,10,19H2,1-2H3,(H,21,23). The number of hydrogen-bond donors (Lipinski definition) is 2. The van der Waals surface area contributed by atoms with Crippen molar-refractivity contribution in [3.05, 3.63) is 59.5 Å². The fourth-order valence-corrected chi connectivity index (χ4v) is 2.71. The Labute approximate surface area is 139 Å². The van der Waals surface area contributed by atoms with E-state index in [1.165, 1.54) is 6.92 Å². The summed E-state index contributed by atoms with van der Waals surface area (Å²) in [6.07, 6.45) is 1.56. The molecule has 1 aromatic carbocycles. The van der Waals surface area contributed by atoms with Gasteiger partial charge in [-0.3, -0.25) is 19.1 Å². The molecule has 122 valence electrons. The number of hydrogen-bond acceptors (Lipinski definition) is 4. The first-order valence-electron chi connectivity index (χ1n) is 7.58. The van der Waals surface area contributed by atoms with Crippen molar-refractivity contribution in [3.63, 3.8) is 0 Å². The Morgan fingerprint density at radius 2 is 2.00 bits per heavy atom. The highest BCUT2D eigenvalue weighted by atomic mass is 16.2. The van der Waals surface area contributed by atoms with Gasteiger partial charge in [0.05, 0.1) is 23.4 Å². The maximum atomic E-state index is 13.0. The summed E-state index contributed by atoms with van der Waals surface area (Å²) in [6, 6.07) is 10.9. The van der Waals surface area contributed by atoms with Crippen LogP contribution < -0.4 is 11.1 Å². The van der Waals surface area contributed by atoms with Gasteiger partial charge in [-0.25, -0.2) is 0 Å². The van der Waals surface area contributed by atoms with Gasteiger partial charge in [0.2, 0.25) is 5.91 Å². The van der Waals surface area contributed by atoms with Crippen molar-refractivity contribution in [2.75, 3.05) is 5.73 Å². The van der Waals surface area contributed by atoms with Crippen molar-refractivity contribution in [3.8, 4) is 0 Å². The first-order chi connectivity index (χ1) is 11.5. The van der Waals surface area contributed by atoms with Crippen molar-refractivity contribution in [1.82, 2.24) is 14.9 Å². The summed E-state index contributed by atoms with van der Waals surface area (Å²) < 4.78 is 1.61. The second-order valence-corrected chi connectivity index (χ2v) is 5.60. The summed E-state index contributed by atoms with van der Waals surface area (Å²) >= 11 is 0. The van der Waals surface area contributed by atoms with Gasteiger partial charge in [-0.1, -0.05) is 18.2 Å². The Hall–Kier alpha value is -3.15. The molecule has 0 saturated heterocycles. The van der Waals surface area contributed by atoms with E-state index in [2.05, 4.69) is 10.3 Å². The van der Waals surface area contributed by atoms with Crippen molar-refractivity contribution in [2.24, 2.45) is 0 Å². The number of pyridine rings is 1. The lowest BCUT2D eigenvalue weighted by molar-refractivity contribution is -0.119. The highest BCUT2D eigenvalue weighted by molar-refractivity contribution is 6.06. The van der Waals surface area contributed by atoms with Crippen molar-refractivity contribution in [2.45, 2.75) is 20.4 Å². The number of nitrogen functional groups attached to an aromatic ring is 1. The largest absolute Gasteiger partial charge is 0.397 e. The van der Waals surface area contributed by atoms with Crippen LogP contribution in [0.4, 0.5) is 5.69 Å². The van der Waals surface area contributed by atoms with E-state index in [1.807, 2.05) is 31.2 Å². The van der Waals surface area contributed by atoms with Crippen LogP contribution in [0.5, 0.6) is 0 Å². The van der Waals surface area contributed by atoms with E-state index < -0.39 is 0 Å². The van der Waals surface area contributed by atoms with E-state index in [0.29, 0.717) is 22.6 Å². The topological polar surface area (TPSA) is 90.0 Å². The summed E-state index contributed by atoms with van der Waals surface area (Å²) in [5.74, 6) is -0.319. The lowest BCUT2D eigenvalue weighted by atomic mass is 10.2. The van der Waals surface area contributed by atoms with Gasteiger partial charge in [0, 0.05) is 29.8 Å². The number of nitrogens with two attached hydrogens (primary N) is 1. The van der Waals surface area contributed by atoms with Crippen LogP contribution in [0.1, 0.15) is 28.7 Å². The summed E-state index contributed by atoms with van der Waals surface area (Å²) in [5.41, 5.74) is 9.34. The highest BCUT2D eigenvalue weighted by Crippen LogP contribution is 2.28. The third-order valence-corrected chi connectivity index (χ3v) is 3.95. The summed E-state index contributed by atoms with van der Waals surface area (Å²) in [7, 11) is 0. The number of benzene rings is 1. The molecule has 0 atom stereocenters. The summed E-state index contributed by atoms with van der Waals surface area (Å²) in [6.45, 7) is 3.55. The predicted molar refractivity (Wildman–Crippen MR) is 92.6 cm³/mol. The van der Waals surface area contributed by atoms with Crippen molar-refractivity contribution < 1.29 is 9.59 Å². The number of nitrogens with zero attached hydrogens (tertiary/aromatic N) is 2. The number of nitrogens with one attached hydrogen (secondary N) is 1. The summed E-state index contributed by atoms with van der Waals surface area (Å²) in [5, 5.41) is 3.53. The quantitative estimate of drug-likeness (QED) is 0.774. The molecule has 0 aliphatic carbocycles. The summed E-state index contributed by atoms with van der Waals surface area (Å²) in [4.78, 5) is 28.2. The van der Waals surface area contributed by atoms with Crippen LogP contribution in [-0.2, 0) is 11.3 Å². The zero-order valence-electron chi connectivity index (χ0n) is 13.5. The average Bonchev–Trinajstić information content (AvgIpc) is 2.84. The van der Waals surface area contributed by atoms with Crippen LogP contribution in [0.2, 0.25) is 0 Å². The average molecular weight is 322 g/mol. The van der Waals surface area contributed by atoms with Gasteiger partial charge < -0.3 is 11.1 Å². The maximum Gasteiger partial charge on any atom is 0.262 e. The third kappa shape index (κ3) is 2.74. The number of rotatable bonds is 3. The minimum atomic E-state index is -0.174. The first-order valence-corrected chi connectivity index (χ1v) is 7.58. The number of para-hydroxylation sites is 1. The molecule has 0 aliphatic rings. The number of anilines is 1. The van der Waals surface area contributed by atoms with Crippen LogP contribution in [-0.4, -0.2) is 21.4 Å². The smallest absolute Gasteiger partial charge is 0.262 e. The van der Waals surface area contributed by atoms with Crippen molar-refractivity contribution in [1.29, 1.82) is 0 Å². The molecule has 2 heterocycles. The second kappa shape index (κ2) is 6.16. The molecular weight excluding hydrogens is 304 g/mol. The molecule has 0 saturated carbocycles. The lowest BCUT2D eigenvalue weighted by Crippen LogP contribution is -2.20. The van der Waals surface area contributed by atoms with Gasteiger partial charge in [-0.15, -0.1) is 0 Å². The van der Waals surface area contributed by atoms with E-state index in [0.717, 1.165) is 10.9 Å². The van der Waals surface area contributed by atoms with E-state index >= 15 is 0 Å². The van der Waals surface area contributed by atoms with E-state index in [1.54, 1.807) is 22.9 Å². The Morgan fingerprint density at radius 3 is 2.75 bits per heavy atom. The van der Waals surface area contributed by atoms with Gasteiger partial charge in [0.1, 0.15) is 0 Å². The van der Waals surface area contributed by atoms with Crippen LogP contribution in [0.25, 0.3) is 10.9 Å². The van der Waals surface area contributed by atoms with Gasteiger partial charge in [0.15, 0.2) is 0 Å². The number of fused-ring (bicyclic) bond motifs is 1. The number of carbonyl (C=O) groups is 2. The minimum Gasteiger partial charge on any atom is -0.397 e. The van der Waals surface area contributed by atoms with E-state index in [9.17, 15) is 9.59 Å². The van der Waals surface area contributed by atoms with Gasteiger partial charge in [0.25, 0.3) is 5.91 Å². The van der Waals surface area contributed by atoms with Crippen LogP contribution in [0.3, 0.4) is 0 Å². The Morgan fingerprint density at radius 1 is 1.25 bits per heavy atom. The maximum absolute atomic E-state index is 13.0. The predicted octanol–water partition coefficient (Wildman–Crippen LogP) is 2.25. The molecule has 1 amide bonds. The molecule has 3 rings (SSSR count). The minimum absolute atomic E-state index is 0.145. The van der Waals surface area contributed by atoms with Gasteiger partial charge >= 0.3 is 0 Å². The fourth-order valence-electron chi connectivity index (χ4n) is 2.71. The molecule has 24 heavy (non-hydrogen) atoms. The molecule has 6 nitrogen and oxygen atoms in total. The molecule has 0 fully saturated rings. The van der Waals surface area contributed by atoms with E-state index in [4.69, 9.17) is 5.73 Å². The molecule has 0 unspecified atom stereocenters. The van der Waals surface area contributed by atoms with Gasteiger partial charge in [-0.05, 0) is 25.1 Å². The molecular formula is C18H18N4O2. The highest BCUT2D eigenvalue weighted by Gasteiger charge is 2.18. The molecule has 0 aliphatic heterocycles. The van der Waals surface area contributed by atoms with Crippen LogP contribution in [0, 0.1) is 6.92 Å². The monoisotopic (exact) mass is 322 g/mol.